The summed E-state index contributed by atoms with van der Waals surface area (Å²) in [6, 6.07) is 63.1. The van der Waals surface area contributed by atoms with Crippen LogP contribution in [0.1, 0.15) is 0 Å². The molecule has 52 heavy (non-hydrogen) atoms. The molecule has 1 aliphatic heterocycles. The first-order chi connectivity index (χ1) is 25.8. The average molecular weight is 680 g/mol. The molecular formula is C48H29N3S. The molecule has 242 valence electrons. The topological polar surface area (TPSA) is 29.0 Å². The first-order valence-electron chi connectivity index (χ1n) is 17.6. The van der Waals surface area contributed by atoms with Crippen molar-refractivity contribution < 1.29 is 0 Å². The van der Waals surface area contributed by atoms with Gasteiger partial charge in [-0.1, -0.05) is 133 Å². The molecule has 11 rings (SSSR count). The first kappa shape index (κ1) is 29.1. The standard InChI is InChI=1S/C48H29N3S/c1-3-14-31(15-4-1)35-20-12-23-40-43(35)39-22-11-21-36-37(27-28-41(44(36)39)51(40)34-17-5-2-6-18-34)48-49-45(33-26-25-30-13-7-8-16-32(30)29-33)47-46(50-48)38-19-9-10-24-42(38)52-47/h1-29H. The highest BCUT2D eigenvalue weighted by atomic mass is 32.1. The summed E-state index contributed by atoms with van der Waals surface area (Å²) < 4.78 is 2.33. The molecule has 0 fully saturated rings. The maximum absolute atomic E-state index is 5.47. The highest BCUT2D eigenvalue weighted by molar-refractivity contribution is 7.26. The molecule has 0 radical (unpaired) electrons. The Morgan fingerprint density at radius 1 is 0.462 bits per heavy atom. The number of nitrogens with zero attached hydrogens (tertiary/aromatic N) is 3. The van der Waals surface area contributed by atoms with Crippen LogP contribution in [-0.2, 0) is 0 Å². The SMILES string of the molecule is c1ccc(-c2cccc3c2-c2cccc4c(-c5nc(-c6ccc7ccccc7c6)c6sc7ccccc7c6n5)ccc(c24)N3c2ccccc2)cc1. The molecular weight excluding hydrogens is 651 g/mol. The molecule has 0 unspecified atom stereocenters. The lowest BCUT2D eigenvalue weighted by atomic mass is 9.85. The summed E-state index contributed by atoms with van der Waals surface area (Å²) in [7, 11) is 0. The van der Waals surface area contributed by atoms with Gasteiger partial charge < -0.3 is 4.90 Å². The molecule has 0 atom stereocenters. The van der Waals surface area contributed by atoms with Crippen LogP contribution >= 0.6 is 11.3 Å². The third-order valence-electron chi connectivity index (χ3n) is 10.4. The van der Waals surface area contributed by atoms with Crippen LogP contribution in [0.25, 0.3) is 86.7 Å². The molecule has 3 heterocycles. The van der Waals surface area contributed by atoms with Gasteiger partial charge in [-0.25, -0.2) is 9.97 Å². The van der Waals surface area contributed by atoms with Crippen LogP contribution in [0.3, 0.4) is 0 Å². The van der Waals surface area contributed by atoms with Gasteiger partial charge in [0.25, 0.3) is 0 Å². The van der Waals surface area contributed by atoms with Crippen molar-refractivity contribution in [1.29, 1.82) is 0 Å². The van der Waals surface area contributed by atoms with Gasteiger partial charge in [-0.15, -0.1) is 11.3 Å². The number of para-hydroxylation sites is 1. The monoisotopic (exact) mass is 679 g/mol. The zero-order valence-corrected chi connectivity index (χ0v) is 28.8. The quantitative estimate of drug-likeness (QED) is 0.185. The van der Waals surface area contributed by atoms with Gasteiger partial charge in [0, 0.05) is 37.9 Å². The van der Waals surface area contributed by atoms with Crippen LogP contribution in [0, 0.1) is 0 Å². The number of benzene rings is 8. The Balaban J connectivity index is 1.22. The molecule has 8 aromatic carbocycles. The van der Waals surface area contributed by atoms with Crippen LogP contribution in [0.5, 0.6) is 0 Å². The maximum Gasteiger partial charge on any atom is 0.161 e. The lowest BCUT2D eigenvalue weighted by Crippen LogP contribution is -2.15. The van der Waals surface area contributed by atoms with E-state index < -0.39 is 0 Å². The van der Waals surface area contributed by atoms with Crippen molar-refractivity contribution >= 4 is 70.2 Å². The molecule has 2 aromatic heterocycles. The Hall–Kier alpha value is -6.62. The lowest BCUT2D eigenvalue weighted by Gasteiger charge is -2.35. The second-order valence-corrected chi connectivity index (χ2v) is 14.4. The molecule has 0 saturated heterocycles. The average Bonchev–Trinajstić information content (AvgIpc) is 3.60. The van der Waals surface area contributed by atoms with Crippen molar-refractivity contribution in [3.63, 3.8) is 0 Å². The summed E-state index contributed by atoms with van der Waals surface area (Å²) in [5.74, 6) is 0.733. The zero-order valence-electron chi connectivity index (χ0n) is 28.0. The summed E-state index contributed by atoms with van der Waals surface area (Å²) in [6.45, 7) is 0. The van der Waals surface area contributed by atoms with Crippen LogP contribution in [0.15, 0.2) is 176 Å². The summed E-state index contributed by atoms with van der Waals surface area (Å²) in [5.41, 5.74) is 12.4. The van der Waals surface area contributed by atoms with E-state index in [4.69, 9.17) is 9.97 Å². The van der Waals surface area contributed by atoms with Crippen molar-refractivity contribution in [2.45, 2.75) is 0 Å². The minimum atomic E-state index is 0.733. The van der Waals surface area contributed by atoms with E-state index >= 15 is 0 Å². The van der Waals surface area contributed by atoms with Crippen LogP contribution < -0.4 is 4.90 Å². The molecule has 0 spiro atoms. The molecule has 0 amide bonds. The van der Waals surface area contributed by atoms with Gasteiger partial charge in [0.05, 0.1) is 27.3 Å². The van der Waals surface area contributed by atoms with Crippen molar-refractivity contribution in [3.8, 4) is 44.9 Å². The number of thiophene rings is 1. The summed E-state index contributed by atoms with van der Waals surface area (Å²) in [6.07, 6.45) is 0. The van der Waals surface area contributed by atoms with Crippen LogP contribution in [-0.4, -0.2) is 9.97 Å². The second-order valence-electron chi connectivity index (χ2n) is 13.3. The maximum atomic E-state index is 5.47. The smallest absolute Gasteiger partial charge is 0.161 e. The zero-order chi connectivity index (χ0) is 34.2. The largest absolute Gasteiger partial charge is 0.309 e. The highest BCUT2D eigenvalue weighted by Gasteiger charge is 2.29. The Kier molecular flexibility index (Phi) is 6.42. The molecule has 0 saturated carbocycles. The number of fused-ring (bicyclic) bond motifs is 6. The third-order valence-corrected chi connectivity index (χ3v) is 11.6. The number of anilines is 3. The van der Waals surface area contributed by atoms with Gasteiger partial charge in [0.15, 0.2) is 5.82 Å². The Bertz CT molecular complexity index is 3020. The molecule has 0 bridgehead atoms. The summed E-state index contributed by atoms with van der Waals surface area (Å²) in [5, 5.41) is 5.91. The van der Waals surface area contributed by atoms with E-state index in [9.17, 15) is 0 Å². The van der Waals surface area contributed by atoms with Gasteiger partial charge in [-0.05, 0) is 75.3 Å². The third kappa shape index (κ3) is 4.38. The normalized spacial score (nSPS) is 12.2. The highest BCUT2D eigenvalue weighted by Crippen LogP contribution is 2.55. The minimum Gasteiger partial charge on any atom is -0.309 e. The van der Waals surface area contributed by atoms with Gasteiger partial charge in [0.1, 0.15) is 0 Å². The van der Waals surface area contributed by atoms with E-state index in [0.717, 1.165) is 55.0 Å². The van der Waals surface area contributed by atoms with Gasteiger partial charge in [0.2, 0.25) is 0 Å². The summed E-state index contributed by atoms with van der Waals surface area (Å²) >= 11 is 1.77. The van der Waals surface area contributed by atoms with Crippen molar-refractivity contribution in [3.05, 3.63) is 176 Å². The number of aromatic nitrogens is 2. The Labute approximate surface area is 304 Å². The van der Waals surface area contributed by atoms with E-state index in [0.29, 0.717) is 0 Å². The Morgan fingerprint density at radius 2 is 1.19 bits per heavy atom. The van der Waals surface area contributed by atoms with E-state index in [-0.39, 0.29) is 0 Å². The van der Waals surface area contributed by atoms with Crippen molar-refractivity contribution in [2.24, 2.45) is 0 Å². The van der Waals surface area contributed by atoms with E-state index in [1.54, 1.807) is 11.3 Å². The van der Waals surface area contributed by atoms with Gasteiger partial charge >= 0.3 is 0 Å². The molecule has 3 nitrogen and oxygen atoms in total. The van der Waals surface area contributed by atoms with Gasteiger partial charge in [-0.2, -0.15) is 0 Å². The fraction of sp³-hybridized carbons (Fsp3) is 0. The summed E-state index contributed by atoms with van der Waals surface area (Å²) in [4.78, 5) is 13.3. The predicted octanol–water partition coefficient (Wildman–Crippen LogP) is 13.6. The van der Waals surface area contributed by atoms with Crippen molar-refractivity contribution in [2.75, 3.05) is 4.90 Å². The molecule has 10 aromatic rings. The number of hydrogen-bond donors (Lipinski definition) is 0. The van der Waals surface area contributed by atoms with Crippen LogP contribution in [0.2, 0.25) is 0 Å². The minimum absolute atomic E-state index is 0.733. The number of rotatable bonds is 4. The van der Waals surface area contributed by atoms with E-state index in [1.165, 1.54) is 48.8 Å². The van der Waals surface area contributed by atoms with Crippen LogP contribution in [0.4, 0.5) is 17.1 Å². The van der Waals surface area contributed by atoms with E-state index in [2.05, 4.69) is 181 Å². The van der Waals surface area contributed by atoms with Gasteiger partial charge in [-0.3, -0.25) is 0 Å². The molecule has 1 aliphatic rings. The first-order valence-corrected chi connectivity index (χ1v) is 18.4. The fourth-order valence-corrected chi connectivity index (χ4v) is 9.23. The van der Waals surface area contributed by atoms with Crippen molar-refractivity contribution in [1.82, 2.24) is 9.97 Å². The second kappa shape index (κ2) is 11.5. The molecule has 0 aliphatic carbocycles. The molecule has 4 heteroatoms. The lowest BCUT2D eigenvalue weighted by molar-refractivity contribution is 1.24. The van der Waals surface area contributed by atoms with E-state index in [1.807, 2.05) is 0 Å². The predicted molar refractivity (Wildman–Crippen MR) is 220 cm³/mol. The fourth-order valence-electron chi connectivity index (χ4n) is 8.07. The molecule has 0 N–H and O–H groups in total. The number of hydrogen-bond acceptors (Lipinski definition) is 4. The Morgan fingerprint density at radius 3 is 2.08 bits per heavy atom.